The molecule has 3 aromatic heterocycles. The molecule has 0 radical (unpaired) electrons. The number of hydrogen-bond acceptors (Lipinski definition) is 1. The number of aromatic nitrogens is 2. The molecular weight excluding hydrogens is 1160 g/mol. The average molecular weight is 1220 g/mol. The van der Waals surface area contributed by atoms with Gasteiger partial charge in [0.1, 0.15) is 11.2 Å². The van der Waals surface area contributed by atoms with Crippen molar-refractivity contribution in [3.63, 3.8) is 0 Å². The first-order valence-corrected chi connectivity index (χ1v) is 34.0. The van der Waals surface area contributed by atoms with Crippen molar-refractivity contribution in [2.24, 2.45) is 0 Å². The molecule has 0 aliphatic carbocycles. The summed E-state index contributed by atoms with van der Waals surface area (Å²) in [7, 11) is 0. The van der Waals surface area contributed by atoms with Crippen LogP contribution in [0.3, 0.4) is 0 Å². The molecule has 21 rings (SSSR count). The van der Waals surface area contributed by atoms with Crippen LogP contribution in [0, 0.1) is 0 Å². The topological polar surface area (TPSA) is 23.0 Å². The number of rotatable bonds is 4. The van der Waals surface area contributed by atoms with Gasteiger partial charge in [-0.3, -0.25) is 0 Å². The summed E-state index contributed by atoms with van der Waals surface area (Å²) in [6.45, 7) is 13.7. The van der Waals surface area contributed by atoms with Gasteiger partial charge in [-0.15, -0.1) is 0 Å². The molecule has 0 fully saturated rings. The third-order valence-electron chi connectivity index (χ3n) is 22.1. The van der Waals surface area contributed by atoms with Crippen molar-refractivity contribution in [3.05, 3.63) is 284 Å². The van der Waals surface area contributed by atoms with Crippen molar-refractivity contribution >= 4 is 153 Å². The van der Waals surface area contributed by atoms with Crippen LogP contribution in [-0.4, -0.2) is 15.8 Å². The number of para-hydroxylation sites is 2. The summed E-state index contributed by atoms with van der Waals surface area (Å²) in [5.74, 6) is 0. The zero-order valence-corrected chi connectivity index (χ0v) is 54.4. The maximum absolute atomic E-state index is 6.81. The number of furan rings is 1. The van der Waals surface area contributed by atoms with E-state index in [1.54, 1.807) is 0 Å². The van der Waals surface area contributed by atoms with Gasteiger partial charge in [0, 0.05) is 60.0 Å². The molecule has 0 unspecified atom stereocenters. The third-order valence-corrected chi connectivity index (χ3v) is 22.1. The number of hydrogen-bond donors (Lipinski definition) is 0. The first-order chi connectivity index (χ1) is 46.9. The van der Waals surface area contributed by atoms with E-state index in [-0.39, 0.29) is 17.5 Å². The van der Waals surface area contributed by atoms with Gasteiger partial charge in [-0.2, -0.15) is 0 Å². The molecule has 96 heavy (non-hydrogen) atoms. The third kappa shape index (κ3) is 7.28. The summed E-state index contributed by atoms with van der Waals surface area (Å²) < 4.78 is 12.2. The fourth-order valence-corrected chi connectivity index (χ4v) is 17.8. The van der Waals surface area contributed by atoms with Gasteiger partial charge < -0.3 is 13.6 Å². The Kier molecular flexibility index (Phi) is 10.8. The fraction of sp³-hybridized carbons (Fsp3) is 0.0870. The monoisotopic (exact) mass is 1220 g/mol. The SMILES string of the molecule is CC(C)(C)c1ccc(-c2cc(-c3ccccc3)cc(-c3ccc(C(C)(C)C)cc3)c2-c2cc3c4c(c2)-n2c5ccc6c7ccccc7c7ccccc7c6c5c5c6c7ccccc7c7ccccc7c6cc(c52)B4c2cccc4c5cc6oc7ccccc7c6cc5n-3c24)cc1. The first kappa shape index (κ1) is 54.0. The van der Waals surface area contributed by atoms with E-state index in [0.29, 0.717) is 0 Å². The van der Waals surface area contributed by atoms with Crippen LogP contribution < -0.4 is 16.4 Å². The number of benzene rings is 16. The molecule has 2 aliphatic heterocycles. The molecular formula is C92H63BN2O. The lowest BCUT2D eigenvalue weighted by molar-refractivity contribution is 0.590. The Morgan fingerprint density at radius 1 is 0.281 bits per heavy atom. The highest BCUT2D eigenvalue weighted by molar-refractivity contribution is 7.00. The van der Waals surface area contributed by atoms with Crippen molar-refractivity contribution in [2.75, 3.05) is 0 Å². The highest BCUT2D eigenvalue weighted by Gasteiger charge is 2.43. The minimum absolute atomic E-state index is 0.0308. The van der Waals surface area contributed by atoms with Gasteiger partial charge in [-0.25, -0.2) is 0 Å². The Bertz CT molecular complexity index is 6570. The molecule has 16 aromatic carbocycles. The van der Waals surface area contributed by atoms with Crippen molar-refractivity contribution in [1.82, 2.24) is 9.13 Å². The van der Waals surface area contributed by atoms with Crippen LogP contribution in [0.1, 0.15) is 52.7 Å². The number of fused-ring (bicyclic) bond motifs is 27. The van der Waals surface area contributed by atoms with Crippen LogP contribution in [0.5, 0.6) is 0 Å². The van der Waals surface area contributed by atoms with Gasteiger partial charge in [0.15, 0.2) is 0 Å². The highest BCUT2D eigenvalue weighted by atomic mass is 16.3. The van der Waals surface area contributed by atoms with Crippen LogP contribution in [0.2, 0.25) is 0 Å². The Labute approximate surface area is 555 Å². The lowest BCUT2D eigenvalue weighted by atomic mass is 9.34. The van der Waals surface area contributed by atoms with Crippen LogP contribution in [-0.2, 0) is 10.8 Å². The van der Waals surface area contributed by atoms with E-state index >= 15 is 0 Å². The van der Waals surface area contributed by atoms with Gasteiger partial charge >= 0.3 is 0 Å². The van der Waals surface area contributed by atoms with E-state index in [0.717, 1.165) is 27.5 Å². The second-order valence-corrected chi connectivity index (χ2v) is 29.4. The maximum atomic E-state index is 6.81. The van der Waals surface area contributed by atoms with E-state index < -0.39 is 0 Å². The predicted octanol–water partition coefficient (Wildman–Crippen LogP) is 23.1. The Morgan fingerprint density at radius 2 is 0.771 bits per heavy atom. The molecule has 0 atom stereocenters. The lowest BCUT2D eigenvalue weighted by Gasteiger charge is -2.35. The molecule has 0 N–H and O–H groups in total. The van der Waals surface area contributed by atoms with Crippen molar-refractivity contribution in [1.29, 1.82) is 0 Å². The second-order valence-electron chi connectivity index (χ2n) is 29.4. The van der Waals surface area contributed by atoms with Gasteiger partial charge in [0.25, 0.3) is 6.71 Å². The molecule has 0 amide bonds. The fourth-order valence-electron chi connectivity index (χ4n) is 17.8. The van der Waals surface area contributed by atoms with Gasteiger partial charge in [-0.1, -0.05) is 266 Å². The molecule has 5 heterocycles. The summed E-state index contributed by atoms with van der Waals surface area (Å²) in [5.41, 5.74) is 25.0. The predicted molar refractivity (Wildman–Crippen MR) is 411 cm³/mol. The van der Waals surface area contributed by atoms with Gasteiger partial charge in [-0.05, 0) is 185 Å². The Balaban J connectivity index is 1.00. The summed E-state index contributed by atoms with van der Waals surface area (Å²) in [6.07, 6.45) is 0. The minimum Gasteiger partial charge on any atom is -0.456 e. The van der Waals surface area contributed by atoms with Crippen molar-refractivity contribution < 1.29 is 4.42 Å². The zero-order chi connectivity index (χ0) is 63.8. The van der Waals surface area contributed by atoms with E-state index in [2.05, 4.69) is 324 Å². The molecule has 4 heteroatoms. The first-order valence-electron chi connectivity index (χ1n) is 34.0. The molecule has 3 nitrogen and oxygen atoms in total. The second kappa shape index (κ2) is 19.1. The largest absolute Gasteiger partial charge is 0.456 e. The van der Waals surface area contributed by atoms with Crippen molar-refractivity contribution in [3.8, 4) is 55.9 Å². The van der Waals surface area contributed by atoms with Crippen molar-refractivity contribution in [2.45, 2.75) is 52.4 Å². The molecule has 19 aromatic rings. The highest BCUT2D eigenvalue weighted by Crippen LogP contribution is 2.52. The van der Waals surface area contributed by atoms with E-state index in [4.69, 9.17) is 4.42 Å². The smallest absolute Gasteiger partial charge is 0.252 e. The molecule has 450 valence electrons. The Morgan fingerprint density at radius 3 is 1.35 bits per heavy atom. The molecule has 0 saturated heterocycles. The van der Waals surface area contributed by atoms with E-state index in [1.807, 2.05) is 0 Å². The van der Waals surface area contributed by atoms with E-state index in [9.17, 15) is 0 Å². The average Bonchev–Trinajstić information content (AvgIpc) is 1.44. The molecule has 0 spiro atoms. The summed E-state index contributed by atoms with van der Waals surface area (Å²) >= 11 is 0. The zero-order valence-electron chi connectivity index (χ0n) is 54.4. The Hall–Kier alpha value is -11.5. The molecule has 0 saturated carbocycles. The summed E-state index contributed by atoms with van der Waals surface area (Å²) in [6, 6.07) is 105. The van der Waals surface area contributed by atoms with Crippen LogP contribution in [0.25, 0.3) is 186 Å². The maximum Gasteiger partial charge on any atom is 0.252 e. The molecule has 0 bridgehead atoms. The standard InChI is InChI=1S/C92H63BN2O/c1-91(2,3)57-39-35-53(36-40-57)70-45-55(52-21-8-7-9-22-52)46-71(54-37-41-58(42-38-54)92(4,5)6)83(70)56-47-79-88-80(48-56)95-78-50-73-65-29-18-19-34-81(65)96-82(73)51-72(78)69-32-20-33-75(89(69)95)93(88)76-49-74-64-28-13-11-24-60(64)62-26-15-17-31-67(62)85(74)87-86-77(94(79)90(76)87)44-43-68-63-27-12-10-23-59(63)61-25-14-16-30-66(61)84(68)86/h7-51H,1-6H3. The van der Waals surface area contributed by atoms with Crippen LogP contribution >= 0.6 is 0 Å². The van der Waals surface area contributed by atoms with Crippen LogP contribution in [0.15, 0.2) is 277 Å². The quantitative estimate of drug-likeness (QED) is 0.127. The minimum atomic E-state index is -0.152. The summed E-state index contributed by atoms with van der Waals surface area (Å²) in [4.78, 5) is 0. The summed E-state index contributed by atoms with van der Waals surface area (Å²) in [5, 5.41) is 22.5. The number of nitrogens with zero attached hydrogens (tertiary/aromatic N) is 2. The van der Waals surface area contributed by atoms with Crippen LogP contribution in [0.4, 0.5) is 0 Å². The lowest BCUT2D eigenvalue weighted by Crippen LogP contribution is -2.59. The molecule has 2 aliphatic rings. The van der Waals surface area contributed by atoms with E-state index in [1.165, 1.54) is 186 Å². The normalized spacial score (nSPS) is 13.1. The van der Waals surface area contributed by atoms with Gasteiger partial charge in [0.2, 0.25) is 0 Å². The van der Waals surface area contributed by atoms with Gasteiger partial charge in [0.05, 0.1) is 16.6 Å².